The molecule has 0 saturated heterocycles. The zero-order valence-corrected chi connectivity index (χ0v) is 10.9. The number of halogens is 1. The molecule has 4 heteroatoms. The van der Waals surface area contributed by atoms with Crippen LogP contribution in [0, 0.1) is 0 Å². The van der Waals surface area contributed by atoms with Crippen molar-refractivity contribution in [1.29, 1.82) is 0 Å². The molecule has 3 aromatic rings. The van der Waals surface area contributed by atoms with Crippen LogP contribution in [0.1, 0.15) is 16.5 Å². The van der Waals surface area contributed by atoms with E-state index >= 15 is 0 Å². The molecule has 1 unspecified atom stereocenters. The summed E-state index contributed by atoms with van der Waals surface area (Å²) in [5.74, 6) is -0.443. The second-order valence-electron chi connectivity index (χ2n) is 4.43. The fraction of sp³-hybridized carbons (Fsp3) is 0.133. The fourth-order valence-corrected chi connectivity index (χ4v) is 2.41. The highest BCUT2D eigenvalue weighted by atomic mass is 35.5. The van der Waals surface area contributed by atoms with Gasteiger partial charge in [-0.05, 0) is 29.7 Å². The van der Waals surface area contributed by atoms with E-state index < -0.39 is 5.76 Å². The Hall–Kier alpha value is -2.00. The predicted octanol–water partition coefficient (Wildman–Crippen LogP) is 3.64. The lowest BCUT2D eigenvalue weighted by atomic mass is 10.0. The average molecular weight is 274 g/mol. The van der Waals surface area contributed by atoms with Gasteiger partial charge in [-0.15, -0.1) is 11.6 Å². The molecule has 1 atom stereocenters. The van der Waals surface area contributed by atoms with Gasteiger partial charge >= 0.3 is 5.76 Å². The first kappa shape index (κ1) is 12.1. The molecule has 96 valence electrons. The summed E-state index contributed by atoms with van der Waals surface area (Å²) >= 11 is 6.42. The Kier molecular flexibility index (Phi) is 3.13. The average Bonchev–Trinajstić information content (AvgIpc) is 2.78. The third kappa shape index (κ3) is 2.56. The Labute approximate surface area is 114 Å². The first-order chi connectivity index (χ1) is 9.22. The monoisotopic (exact) mass is 273 g/mol. The molecule has 0 amide bonds. The number of hydrogen-bond donors (Lipinski definition) is 1. The van der Waals surface area contributed by atoms with Crippen LogP contribution in [-0.2, 0) is 6.42 Å². The lowest BCUT2D eigenvalue weighted by molar-refractivity contribution is 0.555. The number of alkyl halides is 1. The van der Waals surface area contributed by atoms with E-state index in [0.29, 0.717) is 11.1 Å². The summed E-state index contributed by atoms with van der Waals surface area (Å²) in [7, 11) is 0. The minimum Gasteiger partial charge on any atom is -0.408 e. The zero-order valence-electron chi connectivity index (χ0n) is 10.1. The summed E-state index contributed by atoms with van der Waals surface area (Å²) in [6.45, 7) is 0. The summed E-state index contributed by atoms with van der Waals surface area (Å²) in [4.78, 5) is 13.7. The summed E-state index contributed by atoms with van der Waals surface area (Å²) < 4.78 is 5.04. The summed E-state index contributed by atoms with van der Waals surface area (Å²) in [6.07, 6.45) is 0.739. The lowest BCUT2D eigenvalue weighted by Gasteiger charge is -2.09. The molecular formula is C15H12ClNO2. The Bertz CT molecular complexity index is 745. The summed E-state index contributed by atoms with van der Waals surface area (Å²) in [5, 5.41) is -0.146. The Balaban J connectivity index is 1.88. The highest BCUT2D eigenvalue weighted by molar-refractivity contribution is 6.21. The van der Waals surface area contributed by atoms with Crippen molar-refractivity contribution in [2.45, 2.75) is 11.8 Å². The quantitative estimate of drug-likeness (QED) is 0.741. The summed E-state index contributed by atoms with van der Waals surface area (Å²) in [5.41, 5.74) is 3.36. The van der Waals surface area contributed by atoms with Crippen LogP contribution in [0.3, 0.4) is 0 Å². The molecule has 0 saturated carbocycles. The lowest BCUT2D eigenvalue weighted by Crippen LogP contribution is -1.95. The van der Waals surface area contributed by atoms with Crippen molar-refractivity contribution in [3.8, 4) is 0 Å². The van der Waals surface area contributed by atoms with Gasteiger partial charge in [-0.1, -0.05) is 36.4 Å². The van der Waals surface area contributed by atoms with E-state index in [9.17, 15) is 4.79 Å². The van der Waals surface area contributed by atoms with E-state index in [1.807, 2.05) is 48.5 Å². The highest BCUT2D eigenvalue weighted by Crippen LogP contribution is 2.27. The maximum Gasteiger partial charge on any atom is 0.417 e. The molecule has 1 aromatic heterocycles. The standard InChI is InChI=1S/C15H12ClNO2/c16-12(8-10-4-2-1-3-5-10)11-6-7-13-14(9-11)19-15(18)17-13/h1-7,9,12H,8H2,(H,17,18). The molecule has 1 heterocycles. The van der Waals surface area contributed by atoms with Crippen molar-refractivity contribution in [2.24, 2.45) is 0 Å². The maximum atomic E-state index is 11.1. The molecular weight excluding hydrogens is 262 g/mol. The minimum atomic E-state index is -0.443. The minimum absolute atomic E-state index is 0.146. The number of aromatic amines is 1. The molecule has 0 fully saturated rings. The van der Waals surface area contributed by atoms with Gasteiger partial charge in [0.2, 0.25) is 0 Å². The van der Waals surface area contributed by atoms with E-state index in [4.69, 9.17) is 16.0 Å². The van der Waals surface area contributed by atoms with Gasteiger partial charge in [0.05, 0.1) is 10.9 Å². The first-order valence-electron chi connectivity index (χ1n) is 6.03. The molecule has 3 rings (SSSR count). The highest BCUT2D eigenvalue weighted by Gasteiger charge is 2.11. The number of aromatic nitrogens is 1. The van der Waals surface area contributed by atoms with Crippen LogP contribution < -0.4 is 5.76 Å². The number of hydrogen-bond acceptors (Lipinski definition) is 2. The van der Waals surface area contributed by atoms with E-state index in [0.717, 1.165) is 12.0 Å². The molecule has 19 heavy (non-hydrogen) atoms. The molecule has 3 nitrogen and oxygen atoms in total. The number of benzene rings is 2. The van der Waals surface area contributed by atoms with E-state index in [1.54, 1.807) is 0 Å². The number of nitrogens with one attached hydrogen (secondary N) is 1. The predicted molar refractivity (Wildman–Crippen MR) is 75.6 cm³/mol. The van der Waals surface area contributed by atoms with E-state index in [1.165, 1.54) is 5.56 Å². The van der Waals surface area contributed by atoms with Gasteiger partial charge in [0.1, 0.15) is 0 Å². The van der Waals surface area contributed by atoms with Crippen molar-refractivity contribution >= 4 is 22.7 Å². The van der Waals surface area contributed by atoms with Crippen molar-refractivity contribution < 1.29 is 4.42 Å². The molecule has 0 radical (unpaired) electrons. The van der Waals surface area contributed by atoms with Gasteiger partial charge in [0, 0.05) is 0 Å². The molecule has 0 aliphatic heterocycles. The molecule has 0 aliphatic rings. The van der Waals surface area contributed by atoms with Crippen LogP contribution in [0.25, 0.3) is 11.1 Å². The van der Waals surface area contributed by atoms with Crippen LogP contribution in [0.2, 0.25) is 0 Å². The van der Waals surface area contributed by atoms with Gasteiger partial charge in [0.15, 0.2) is 5.58 Å². The Morgan fingerprint density at radius 1 is 1.16 bits per heavy atom. The van der Waals surface area contributed by atoms with Crippen molar-refractivity contribution in [1.82, 2.24) is 4.98 Å². The second kappa shape index (κ2) is 4.94. The number of rotatable bonds is 3. The number of oxazole rings is 1. The normalized spacial score (nSPS) is 12.7. The maximum absolute atomic E-state index is 11.1. The molecule has 2 aromatic carbocycles. The van der Waals surface area contributed by atoms with Crippen molar-refractivity contribution in [3.05, 3.63) is 70.2 Å². The van der Waals surface area contributed by atoms with E-state index in [2.05, 4.69) is 4.98 Å². The molecule has 1 N–H and O–H groups in total. The largest absolute Gasteiger partial charge is 0.417 e. The summed E-state index contributed by atoms with van der Waals surface area (Å²) in [6, 6.07) is 15.6. The second-order valence-corrected chi connectivity index (χ2v) is 4.95. The first-order valence-corrected chi connectivity index (χ1v) is 6.47. The third-order valence-electron chi connectivity index (χ3n) is 3.06. The number of H-pyrrole nitrogens is 1. The third-order valence-corrected chi connectivity index (χ3v) is 3.47. The fourth-order valence-electron chi connectivity index (χ4n) is 2.10. The van der Waals surface area contributed by atoms with Crippen LogP contribution in [-0.4, -0.2) is 4.98 Å². The van der Waals surface area contributed by atoms with Gasteiger partial charge in [-0.25, -0.2) is 4.79 Å². The Morgan fingerprint density at radius 2 is 1.95 bits per heavy atom. The van der Waals surface area contributed by atoms with Crippen LogP contribution in [0.15, 0.2) is 57.7 Å². The molecule has 0 spiro atoms. The van der Waals surface area contributed by atoms with Crippen LogP contribution in [0.4, 0.5) is 0 Å². The van der Waals surface area contributed by atoms with Crippen molar-refractivity contribution in [3.63, 3.8) is 0 Å². The smallest absolute Gasteiger partial charge is 0.408 e. The zero-order chi connectivity index (χ0) is 13.2. The van der Waals surface area contributed by atoms with Crippen molar-refractivity contribution in [2.75, 3.05) is 0 Å². The topological polar surface area (TPSA) is 46.0 Å². The Morgan fingerprint density at radius 3 is 2.74 bits per heavy atom. The molecule has 0 aliphatic carbocycles. The van der Waals surface area contributed by atoms with E-state index in [-0.39, 0.29) is 5.38 Å². The van der Waals surface area contributed by atoms with Gasteiger partial charge in [-0.3, -0.25) is 4.98 Å². The van der Waals surface area contributed by atoms with Crippen LogP contribution in [0.5, 0.6) is 0 Å². The van der Waals surface area contributed by atoms with Gasteiger partial charge in [-0.2, -0.15) is 0 Å². The van der Waals surface area contributed by atoms with Crippen LogP contribution >= 0.6 is 11.6 Å². The number of fused-ring (bicyclic) bond motifs is 1. The van der Waals surface area contributed by atoms with Gasteiger partial charge < -0.3 is 4.42 Å². The van der Waals surface area contributed by atoms with Gasteiger partial charge in [0.25, 0.3) is 0 Å². The molecule has 0 bridgehead atoms. The SMILES string of the molecule is O=c1[nH]c2ccc(C(Cl)Cc3ccccc3)cc2o1.